The van der Waals surface area contributed by atoms with Crippen LogP contribution in [0.1, 0.15) is 50.8 Å². The third-order valence-electron chi connectivity index (χ3n) is 3.59. The fourth-order valence-electron chi connectivity index (χ4n) is 2.59. The van der Waals surface area contributed by atoms with Crippen LogP contribution in [0, 0.1) is 0 Å². The molecule has 0 radical (unpaired) electrons. The molecule has 1 unspecified atom stereocenters. The van der Waals surface area contributed by atoms with Gasteiger partial charge in [-0.1, -0.05) is 26.0 Å². The Balaban J connectivity index is 2.27. The Bertz CT molecular complexity index is 440. The number of morpholine rings is 1. The van der Waals surface area contributed by atoms with Crippen molar-refractivity contribution in [1.29, 1.82) is 0 Å². The van der Waals surface area contributed by atoms with E-state index in [9.17, 15) is 0 Å². The van der Waals surface area contributed by atoms with Crippen LogP contribution in [0.5, 0.6) is 5.75 Å². The molecule has 0 bridgehead atoms. The lowest BCUT2D eigenvalue weighted by Gasteiger charge is -2.37. The van der Waals surface area contributed by atoms with Crippen molar-refractivity contribution in [2.45, 2.75) is 45.2 Å². The van der Waals surface area contributed by atoms with Gasteiger partial charge in [0, 0.05) is 5.54 Å². The van der Waals surface area contributed by atoms with Crippen molar-refractivity contribution in [2.75, 3.05) is 20.3 Å². The largest absolute Gasteiger partial charge is 0.496 e. The smallest absolute Gasteiger partial charge is 0.122 e. The van der Waals surface area contributed by atoms with E-state index >= 15 is 0 Å². The lowest BCUT2D eigenvalue weighted by atomic mass is 9.94. The molecule has 1 aliphatic rings. The Morgan fingerprint density at radius 1 is 1.37 bits per heavy atom. The van der Waals surface area contributed by atoms with Crippen LogP contribution in [0.4, 0.5) is 0 Å². The number of hydrogen-bond donors (Lipinski definition) is 1. The Labute approximate surface area is 116 Å². The fourth-order valence-corrected chi connectivity index (χ4v) is 2.59. The van der Waals surface area contributed by atoms with E-state index in [1.165, 1.54) is 11.1 Å². The van der Waals surface area contributed by atoms with Gasteiger partial charge < -0.3 is 14.8 Å². The van der Waals surface area contributed by atoms with Crippen LogP contribution in [0.15, 0.2) is 18.2 Å². The van der Waals surface area contributed by atoms with Gasteiger partial charge in [0.25, 0.3) is 0 Å². The zero-order valence-corrected chi connectivity index (χ0v) is 12.6. The molecule has 1 aliphatic heterocycles. The van der Waals surface area contributed by atoms with Crippen molar-refractivity contribution in [3.63, 3.8) is 0 Å². The lowest BCUT2D eigenvalue weighted by molar-refractivity contribution is 0.0127. The van der Waals surface area contributed by atoms with Crippen molar-refractivity contribution in [3.8, 4) is 5.75 Å². The van der Waals surface area contributed by atoms with E-state index in [1.807, 2.05) is 0 Å². The van der Waals surface area contributed by atoms with Crippen LogP contribution < -0.4 is 10.1 Å². The second-order valence-corrected chi connectivity index (χ2v) is 6.25. The minimum absolute atomic E-state index is 0.0286. The summed E-state index contributed by atoms with van der Waals surface area (Å²) >= 11 is 0. The van der Waals surface area contributed by atoms with E-state index < -0.39 is 0 Å². The summed E-state index contributed by atoms with van der Waals surface area (Å²) in [5.41, 5.74) is 2.56. The van der Waals surface area contributed by atoms with Crippen LogP contribution in [0.2, 0.25) is 0 Å². The summed E-state index contributed by atoms with van der Waals surface area (Å²) in [5, 5.41) is 3.65. The molecule has 19 heavy (non-hydrogen) atoms. The van der Waals surface area contributed by atoms with Gasteiger partial charge in [-0.2, -0.15) is 0 Å². The molecule has 3 nitrogen and oxygen atoms in total. The summed E-state index contributed by atoms with van der Waals surface area (Å²) in [5.74, 6) is 1.42. The normalized spacial score (nSPS) is 22.5. The van der Waals surface area contributed by atoms with Crippen molar-refractivity contribution < 1.29 is 9.47 Å². The first-order valence-corrected chi connectivity index (χ1v) is 6.96. The number of hydrogen-bond acceptors (Lipinski definition) is 3. The molecule has 0 amide bonds. The molecule has 0 aromatic heterocycles. The van der Waals surface area contributed by atoms with Crippen molar-refractivity contribution in [3.05, 3.63) is 29.3 Å². The van der Waals surface area contributed by atoms with Gasteiger partial charge in [-0.15, -0.1) is 0 Å². The van der Waals surface area contributed by atoms with Gasteiger partial charge in [0.05, 0.1) is 26.4 Å². The minimum atomic E-state index is 0.0286. The quantitative estimate of drug-likeness (QED) is 0.908. The molecule has 0 aliphatic carbocycles. The lowest BCUT2D eigenvalue weighted by Crippen LogP contribution is -2.51. The maximum absolute atomic E-state index is 5.71. The average molecular weight is 263 g/mol. The predicted molar refractivity (Wildman–Crippen MR) is 77.9 cm³/mol. The van der Waals surface area contributed by atoms with Crippen molar-refractivity contribution in [1.82, 2.24) is 5.32 Å². The number of nitrogens with one attached hydrogen (secondary N) is 1. The number of methoxy groups -OCH3 is 1. The first-order chi connectivity index (χ1) is 8.93. The third kappa shape index (κ3) is 3.28. The van der Waals surface area contributed by atoms with E-state index in [-0.39, 0.29) is 11.6 Å². The molecule has 0 saturated carbocycles. The summed E-state index contributed by atoms with van der Waals surface area (Å²) < 4.78 is 11.2. The van der Waals surface area contributed by atoms with Crippen LogP contribution in [0.3, 0.4) is 0 Å². The van der Waals surface area contributed by atoms with E-state index in [0.717, 1.165) is 19.0 Å². The van der Waals surface area contributed by atoms with Crippen molar-refractivity contribution >= 4 is 0 Å². The first kappa shape index (κ1) is 14.4. The molecule has 0 spiro atoms. The molecule has 1 fully saturated rings. The maximum Gasteiger partial charge on any atom is 0.122 e. The zero-order chi connectivity index (χ0) is 14.0. The Morgan fingerprint density at radius 3 is 2.68 bits per heavy atom. The van der Waals surface area contributed by atoms with Gasteiger partial charge >= 0.3 is 0 Å². The van der Waals surface area contributed by atoms with Gasteiger partial charge in [-0.25, -0.2) is 0 Å². The highest BCUT2D eigenvalue weighted by Crippen LogP contribution is 2.31. The molecule has 1 heterocycles. The molecule has 1 N–H and O–H groups in total. The van der Waals surface area contributed by atoms with Gasteiger partial charge in [0.2, 0.25) is 0 Å². The maximum atomic E-state index is 5.71. The molecule has 106 valence electrons. The van der Waals surface area contributed by atoms with Gasteiger partial charge in [-0.3, -0.25) is 0 Å². The van der Waals surface area contributed by atoms with Crippen LogP contribution in [-0.4, -0.2) is 25.9 Å². The highest BCUT2D eigenvalue weighted by atomic mass is 16.5. The fraction of sp³-hybridized carbons (Fsp3) is 0.625. The number of rotatable bonds is 3. The third-order valence-corrected chi connectivity index (χ3v) is 3.59. The summed E-state index contributed by atoms with van der Waals surface area (Å²) in [6, 6.07) is 6.69. The summed E-state index contributed by atoms with van der Waals surface area (Å²) in [6.07, 6.45) is 0. The molecule has 2 rings (SSSR count). The molecule has 1 aromatic carbocycles. The van der Waals surface area contributed by atoms with Crippen LogP contribution in [-0.2, 0) is 4.74 Å². The summed E-state index contributed by atoms with van der Waals surface area (Å²) in [7, 11) is 1.73. The number of ether oxygens (including phenoxy) is 2. The second-order valence-electron chi connectivity index (χ2n) is 6.25. The van der Waals surface area contributed by atoms with Gasteiger partial charge in [0.15, 0.2) is 0 Å². The average Bonchev–Trinajstić information content (AvgIpc) is 2.36. The van der Waals surface area contributed by atoms with E-state index in [0.29, 0.717) is 5.92 Å². The van der Waals surface area contributed by atoms with Crippen LogP contribution in [0.25, 0.3) is 0 Å². The van der Waals surface area contributed by atoms with E-state index in [4.69, 9.17) is 9.47 Å². The highest BCUT2D eigenvalue weighted by Gasteiger charge is 2.29. The SMILES string of the molecule is COc1ccc(C2COCC(C)(C)N2)cc1C(C)C. The molecule has 3 heteroatoms. The highest BCUT2D eigenvalue weighted by molar-refractivity contribution is 5.40. The first-order valence-electron chi connectivity index (χ1n) is 6.96. The molecule has 1 saturated heterocycles. The Kier molecular flexibility index (Phi) is 4.16. The topological polar surface area (TPSA) is 30.5 Å². The van der Waals surface area contributed by atoms with E-state index in [1.54, 1.807) is 7.11 Å². The predicted octanol–water partition coefficient (Wildman–Crippen LogP) is 3.26. The second kappa shape index (κ2) is 5.51. The monoisotopic (exact) mass is 263 g/mol. The van der Waals surface area contributed by atoms with Crippen molar-refractivity contribution in [2.24, 2.45) is 0 Å². The summed E-state index contributed by atoms with van der Waals surface area (Å²) in [6.45, 7) is 10.2. The Morgan fingerprint density at radius 2 is 2.11 bits per heavy atom. The minimum Gasteiger partial charge on any atom is -0.496 e. The van der Waals surface area contributed by atoms with Gasteiger partial charge in [0.1, 0.15) is 5.75 Å². The molecule has 1 aromatic rings. The van der Waals surface area contributed by atoms with Gasteiger partial charge in [-0.05, 0) is 37.0 Å². The molecular formula is C16H25NO2. The number of benzene rings is 1. The van der Waals surface area contributed by atoms with Crippen LogP contribution >= 0.6 is 0 Å². The zero-order valence-electron chi connectivity index (χ0n) is 12.6. The Hall–Kier alpha value is -1.06. The standard InChI is InChI=1S/C16H25NO2/c1-11(2)13-8-12(6-7-15(13)18-5)14-9-19-10-16(3,4)17-14/h6-8,11,14,17H,9-10H2,1-5H3. The van der Waals surface area contributed by atoms with E-state index in [2.05, 4.69) is 51.2 Å². The summed E-state index contributed by atoms with van der Waals surface area (Å²) in [4.78, 5) is 0. The molecule has 1 atom stereocenters. The molecular weight excluding hydrogens is 238 g/mol.